The van der Waals surface area contributed by atoms with Crippen molar-refractivity contribution in [1.82, 2.24) is 10.4 Å². The van der Waals surface area contributed by atoms with Crippen LogP contribution in [0.5, 0.6) is 0 Å². The molecule has 0 saturated carbocycles. The van der Waals surface area contributed by atoms with E-state index >= 15 is 0 Å². The smallest absolute Gasteiger partial charge is 0.330 e. The fourth-order valence-electron chi connectivity index (χ4n) is 2.40. The number of halogens is 1. The minimum atomic E-state index is -0.509. The van der Waals surface area contributed by atoms with E-state index in [0.29, 0.717) is 18.7 Å². The zero-order chi connectivity index (χ0) is 17.9. The number of benzene rings is 1. The van der Waals surface area contributed by atoms with E-state index in [1.165, 1.54) is 0 Å². The predicted octanol–water partition coefficient (Wildman–Crippen LogP) is 3.46. The van der Waals surface area contributed by atoms with Crippen LogP contribution in [0.2, 0.25) is 0 Å². The van der Waals surface area contributed by atoms with Crippen molar-refractivity contribution in [3.8, 4) is 0 Å². The molecular formula is C18H25BrN2O3. The van der Waals surface area contributed by atoms with Crippen LogP contribution in [0.1, 0.15) is 49.5 Å². The number of nitrogens with zero attached hydrogens (tertiary/aromatic N) is 1. The molecule has 1 saturated heterocycles. The topological polar surface area (TPSA) is 58.6 Å². The van der Waals surface area contributed by atoms with E-state index < -0.39 is 5.41 Å². The monoisotopic (exact) mass is 396 g/mol. The molecule has 1 aromatic rings. The Morgan fingerprint density at radius 3 is 2.42 bits per heavy atom. The van der Waals surface area contributed by atoms with Crippen LogP contribution in [0.3, 0.4) is 0 Å². The van der Waals surface area contributed by atoms with E-state index in [1.807, 2.05) is 45.9 Å². The molecule has 0 bridgehead atoms. The van der Waals surface area contributed by atoms with Gasteiger partial charge in [-0.25, -0.2) is 4.79 Å². The highest BCUT2D eigenvalue weighted by Gasteiger charge is 2.28. The molecule has 0 radical (unpaired) electrons. The van der Waals surface area contributed by atoms with Crippen molar-refractivity contribution >= 4 is 27.8 Å². The maximum atomic E-state index is 12.3. The van der Waals surface area contributed by atoms with Crippen LogP contribution in [0.4, 0.5) is 0 Å². The summed E-state index contributed by atoms with van der Waals surface area (Å²) in [7, 11) is 0. The van der Waals surface area contributed by atoms with Gasteiger partial charge in [0.2, 0.25) is 0 Å². The third-order valence-electron chi connectivity index (χ3n) is 4.03. The fraction of sp³-hybridized carbons (Fsp3) is 0.556. The number of piperidine rings is 1. The molecule has 132 valence electrons. The Morgan fingerprint density at radius 1 is 1.25 bits per heavy atom. The highest BCUT2D eigenvalue weighted by atomic mass is 79.9. The summed E-state index contributed by atoms with van der Waals surface area (Å²) >= 11 is 3.44. The molecule has 5 nitrogen and oxygen atoms in total. The Morgan fingerprint density at radius 2 is 1.88 bits per heavy atom. The van der Waals surface area contributed by atoms with Gasteiger partial charge in [-0.3, -0.25) is 4.79 Å². The molecule has 6 heteroatoms. The highest BCUT2D eigenvalue weighted by Crippen LogP contribution is 2.20. The largest absolute Gasteiger partial charge is 0.367 e. The molecule has 1 aliphatic heterocycles. The average Bonchev–Trinajstić information content (AvgIpc) is 2.51. The molecule has 1 N–H and O–H groups in total. The molecule has 2 rings (SSSR count). The second-order valence-electron chi connectivity index (χ2n) is 7.27. The second kappa shape index (κ2) is 7.66. The predicted molar refractivity (Wildman–Crippen MR) is 96.5 cm³/mol. The van der Waals surface area contributed by atoms with Gasteiger partial charge in [0.15, 0.2) is 0 Å². The van der Waals surface area contributed by atoms with E-state index in [4.69, 9.17) is 4.84 Å². The fourth-order valence-corrected chi connectivity index (χ4v) is 2.65. The van der Waals surface area contributed by atoms with Crippen LogP contribution in [-0.2, 0) is 9.63 Å². The number of carbonyl (C=O) groups is 2. The van der Waals surface area contributed by atoms with E-state index in [1.54, 1.807) is 5.06 Å². The van der Waals surface area contributed by atoms with Crippen molar-refractivity contribution in [3.05, 3.63) is 33.8 Å². The lowest BCUT2D eigenvalue weighted by molar-refractivity contribution is -0.204. The van der Waals surface area contributed by atoms with Gasteiger partial charge in [0.1, 0.15) is 0 Å². The lowest BCUT2D eigenvalue weighted by atomic mass is 9.98. The lowest BCUT2D eigenvalue weighted by Crippen LogP contribution is -2.46. The van der Waals surface area contributed by atoms with Crippen molar-refractivity contribution < 1.29 is 14.4 Å². The van der Waals surface area contributed by atoms with Crippen molar-refractivity contribution in [2.24, 2.45) is 5.41 Å². The third kappa shape index (κ3) is 5.05. The second-order valence-corrected chi connectivity index (χ2v) is 8.12. The van der Waals surface area contributed by atoms with Gasteiger partial charge in [-0.05, 0) is 64.3 Å². The molecule has 0 atom stereocenters. The highest BCUT2D eigenvalue weighted by molar-refractivity contribution is 9.10. The van der Waals surface area contributed by atoms with Gasteiger partial charge in [-0.2, -0.15) is 0 Å². The minimum absolute atomic E-state index is 0.0595. The van der Waals surface area contributed by atoms with Gasteiger partial charge in [0.25, 0.3) is 5.91 Å². The molecule has 0 aliphatic carbocycles. The van der Waals surface area contributed by atoms with Crippen molar-refractivity contribution in [1.29, 1.82) is 0 Å². The number of hydrogen-bond acceptors (Lipinski definition) is 4. The van der Waals surface area contributed by atoms with Gasteiger partial charge in [-0.1, -0.05) is 15.9 Å². The molecule has 1 aliphatic rings. The maximum absolute atomic E-state index is 12.3. The van der Waals surface area contributed by atoms with Gasteiger partial charge >= 0.3 is 5.97 Å². The molecule has 1 heterocycles. The van der Waals surface area contributed by atoms with Crippen molar-refractivity contribution in [2.45, 2.75) is 46.6 Å². The quantitative estimate of drug-likeness (QED) is 0.849. The maximum Gasteiger partial charge on any atom is 0.330 e. The molecule has 0 unspecified atom stereocenters. The van der Waals surface area contributed by atoms with E-state index in [-0.39, 0.29) is 17.9 Å². The summed E-state index contributed by atoms with van der Waals surface area (Å²) in [5, 5.41) is 4.76. The normalized spacial score (nSPS) is 16.7. The van der Waals surface area contributed by atoms with Crippen LogP contribution in [0.15, 0.2) is 22.7 Å². The molecule has 1 amide bonds. The first-order valence-corrected chi connectivity index (χ1v) is 9.00. The van der Waals surface area contributed by atoms with Crippen LogP contribution < -0.4 is 5.32 Å². The van der Waals surface area contributed by atoms with Gasteiger partial charge in [-0.15, -0.1) is 5.06 Å². The third-order valence-corrected chi connectivity index (χ3v) is 4.92. The van der Waals surface area contributed by atoms with Crippen molar-refractivity contribution in [3.63, 3.8) is 0 Å². The lowest BCUT2D eigenvalue weighted by Gasteiger charge is -2.32. The Kier molecular flexibility index (Phi) is 6.04. The zero-order valence-corrected chi connectivity index (χ0v) is 16.3. The summed E-state index contributed by atoms with van der Waals surface area (Å²) in [5.74, 6) is -0.286. The van der Waals surface area contributed by atoms with E-state index in [0.717, 1.165) is 22.9 Å². The van der Waals surface area contributed by atoms with Gasteiger partial charge < -0.3 is 10.2 Å². The van der Waals surface area contributed by atoms with Crippen LogP contribution in [-0.4, -0.2) is 36.1 Å². The number of rotatable bonds is 3. The number of carbonyl (C=O) groups excluding carboxylic acids is 2. The molecule has 1 fully saturated rings. The average molecular weight is 397 g/mol. The zero-order valence-electron chi connectivity index (χ0n) is 14.7. The summed E-state index contributed by atoms with van der Waals surface area (Å²) in [6.07, 6.45) is 1.53. The van der Waals surface area contributed by atoms with Gasteiger partial charge in [0.05, 0.1) is 5.41 Å². The van der Waals surface area contributed by atoms with Crippen LogP contribution in [0, 0.1) is 12.3 Å². The summed E-state index contributed by atoms with van der Waals surface area (Å²) in [5.41, 5.74) is 1.19. The van der Waals surface area contributed by atoms with Crippen LogP contribution in [0.25, 0.3) is 0 Å². The van der Waals surface area contributed by atoms with Crippen LogP contribution >= 0.6 is 15.9 Å². The molecule has 0 aromatic heterocycles. The van der Waals surface area contributed by atoms with E-state index in [2.05, 4.69) is 21.2 Å². The summed E-state index contributed by atoms with van der Waals surface area (Å²) in [6.45, 7) is 8.73. The number of amides is 1. The summed E-state index contributed by atoms with van der Waals surface area (Å²) in [4.78, 5) is 29.6. The first-order chi connectivity index (χ1) is 11.2. The van der Waals surface area contributed by atoms with Gasteiger partial charge in [0, 0.05) is 29.2 Å². The first kappa shape index (κ1) is 18.9. The van der Waals surface area contributed by atoms with Crippen molar-refractivity contribution in [2.75, 3.05) is 13.1 Å². The Hall–Kier alpha value is -1.40. The Labute approximate surface area is 151 Å². The Bertz CT molecular complexity index is 617. The molecule has 24 heavy (non-hydrogen) atoms. The standard InChI is InChI=1S/C18H25BrN2O3/c1-12-11-13(5-6-15(12)19)16(22)20-14-7-9-21(10-8-14)24-17(23)18(2,3)4/h5-6,11,14H,7-10H2,1-4H3,(H,20,22). The summed E-state index contributed by atoms with van der Waals surface area (Å²) < 4.78 is 0.994. The summed E-state index contributed by atoms with van der Waals surface area (Å²) in [6, 6.07) is 5.68. The number of hydrogen-bond donors (Lipinski definition) is 1. The number of aryl methyl sites for hydroxylation is 1. The number of nitrogens with one attached hydrogen (secondary N) is 1. The van der Waals surface area contributed by atoms with E-state index in [9.17, 15) is 9.59 Å². The first-order valence-electron chi connectivity index (χ1n) is 8.21. The molecular weight excluding hydrogens is 372 g/mol. The minimum Gasteiger partial charge on any atom is -0.367 e. The number of hydroxylamine groups is 2. The molecule has 1 aromatic carbocycles. The SMILES string of the molecule is Cc1cc(C(=O)NC2CCN(OC(=O)C(C)(C)C)CC2)ccc1Br. The Balaban J connectivity index is 1.83. The molecule has 0 spiro atoms.